The predicted molar refractivity (Wildman–Crippen MR) is 93.4 cm³/mol. The van der Waals surface area contributed by atoms with Crippen LogP contribution in [-0.4, -0.2) is 60.4 Å². The van der Waals surface area contributed by atoms with Gasteiger partial charge in [0.15, 0.2) is 0 Å². The van der Waals surface area contributed by atoms with Gasteiger partial charge in [0.25, 0.3) is 5.19 Å². The Balaban J connectivity index is 1.40. The van der Waals surface area contributed by atoms with Crippen LogP contribution in [0, 0.1) is 6.92 Å². The fourth-order valence-electron chi connectivity index (χ4n) is 2.74. The normalized spacial score (nSPS) is 17.2. The van der Waals surface area contributed by atoms with Crippen molar-refractivity contribution in [3.8, 4) is 5.19 Å². The van der Waals surface area contributed by atoms with Gasteiger partial charge in [-0.15, -0.1) is 0 Å². The summed E-state index contributed by atoms with van der Waals surface area (Å²) in [7, 11) is 0. The Kier molecular flexibility index (Phi) is 5.48. The van der Waals surface area contributed by atoms with Gasteiger partial charge >= 0.3 is 0 Å². The van der Waals surface area contributed by atoms with E-state index < -0.39 is 6.10 Å². The fourth-order valence-corrected chi connectivity index (χ4v) is 3.40. The molecule has 0 saturated carbocycles. The van der Waals surface area contributed by atoms with Crippen molar-refractivity contribution >= 4 is 17.0 Å². The lowest BCUT2D eigenvalue weighted by atomic mass is 10.2. The number of nitrogens with zero attached hydrogens (tertiary/aromatic N) is 3. The van der Waals surface area contributed by atoms with Crippen LogP contribution < -0.4 is 9.64 Å². The molecule has 1 fully saturated rings. The SMILES string of the molecule is Cc1csc(OCC(O)CN2CCN(c3ccccc3)CC2)n1. The van der Waals surface area contributed by atoms with E-state index in [0.717, 1.165) is 31.9 Å². The number of ether oxygens (including phenoxy) is 1. The van der Waals surface area contributed by atoms with Crippen molar-refractivity contribution in [3.63, 3.8) is 0 Å². The fraction of sp³-hybridized carbons (Fsp3) is 0.471. The Bertz CT molecular complexity index is 597. The van der Waals surface area contributed by atoms with Crippen molar-refractivity contribution in [2.45, 2.75) is 13.0 Å². The van der Waals surface area contributed by atoms with Crippen LogP contribution >= 0.6 is 11.3 Å². The highest BCUT2D eigenvalue weighted by Crippen LogP contribution is 2.18. The van der Waals surface area contributed by atoms with E-state index in [1.165, 1.54) is 17.0 Å². The lowest BCUT2D eigenvalue weighted by molar-refractivity contribution is 0.0662. The van der Waals surface area contributed by atoms with Gasteiger partial charge in [0.2, 0.25) is 0 Å². The zero-order chi connectivity index (χ0) is 16.1. The number of aliphatic hydroxyl groups is 1. The van der Waals surface area contributed by atoms with E-state index in [9.17, 15) is 5.11 Å². The standard InChI is InChI=1S/C17H23N3O2S/c1-14-13-23-17(18-14)22-12-16(21)11-19-7-9-20(10-8-19)15-5-3-2-4-6-15/h2-6,13,16,21H,7-12H2,1H3. The number of thiazole rings is 1. The number of anilines is 1. The van der Waals surface area contributed by atoms with Crippen molar-refractivity contribution in [1.82, 2.24) is 9.88 Å². The first-order valence-electron chi connectivity index (χ1n) is 7.96. The summed E-state index contributed by atoms with van der Waals surface area (Å²) in [6.45, 7) is 6.78. The summed E-state index contributed by atoms with van der Waals surface area (Å²) >= 11 is 1.47. The highest BCUT2D eigenvalue weighted by Gasteiger charge is 2.19. The second-order valence-corrected chi connectivity index (χ2v) is 6.66. The van der Waals surface area contributed by atoms with Gasteiger partial charge < -0.3 is 14.7 Å². The van der Waals surface area contributed by atoms with Crippen LogP contribution in [0.1, 0.15) is 5.69 Å². The van der Waals surface area contributed by atoms with E-state index in [-0.39, 0.29) is 0 Å². The average molecular weight is 333 g/mol. The summed E-state index contributed by atoms with van der Waals surface area (Å²) in [5.41, 5.74) is 2.23. The van der Waals surface area contributed by atoms with Crippen molar-refractivity contribution in [1.29, 1.82) is 0 Å². The van der Waals surface area contributed by atoms with Gasteiger partial charge in [-0.3, -0.25) is 4.90 Å². The lowest BCUT2D eigenvalue weighted by Crippen LogP contribution is -2.49. The molecule has 2 heterocycles. The molecule has 1 aliphatic rings. The third-order valence-corrected chi connectivity index (χ3v) is 4.83. The smallest absolute Gasteiger partial charge is 0.273 e. The number of piperazine rings is 1. The molecule has 1 atom stereocenters. The monoisotopic (exact) mass is 333 g/mol. The molecule has 0 bridgehead atoms. The molecule has 5 nitrogen and oxygen atoms in total. The van der Waals surface area contributed by atoms with E-state index in [2.05, 4.69) is 39.0 Å². The minimum atomic E-state index is -0.484. The maximum Gasteiger partial charge on any atom is 0.273 e. The van der Waals surface area contributed by atoms with Crippen LogP contribution in [0.4, 0.5) is 5.69 Å². The molecule has 2 aromatic rings. The molecule has 1 saturated heterocycles. The van der Waals surface area contributed by atoms with Gasteiger partial charge in [0.1, 0.15) is 12.7 Å². The highest BCUT2D eigenvalue weighted by atomic mass is 32.1. The van der Waals surface area contributed by atoms with Crippen LogP contribution in [0.5, 0.6) is 5.19 Å². The van der Waals surface area contributed by atoms with Crippen LogP contribution in [0.25, 0.3) is 0 Å². The molecule has 124 valence electrons. The minimum Gasteiger partial charge on any atom is -0.467 e. The molecular weight excluding hydrogens is 310 g/mol. The maximum absolute atomic E-state index is 10.1. The number of hydrogen-bond acceptors (Lipinski definition) is 6. The first-order chi connectivity index (χ1) is 11.2. The summed E-state index contributed by atoms with van der Waals surface area (Å²) in [6.07, 6.45) is -0.484. The first kappa shape index (κ1) is 16.2. The molecule has 0 spiro atoms. The van der Waals surface area contributed by atoms with Gasteiger partial charge in [-0.2, -0.15) is 0 Å². The minimum absolute atomic E-state index is 0.297. The third kappa shape index (κ3) is 4.67. The van der Waals surface area contributed by atoms with E-state index in [4.69, 9.17) is 4.74 Å². The van der Waals surface area contributed by atoms with Gasteiger partial charge in [-0.1, -0.05) is 29.5 Å². The van der Waals surface area contributed by atoms with E-state index in [1.807, 2.05) is 18.4 Å². The largest absolute Gasteiger partial charge is 0.467 e. The molecule has 6 heteroatoms. The summed E-state index contributed by atoms with van der Waals surface area (Å²) < 4.78 is 5.54. The van der Waals surface area contributed by atoms with Crippen molar-refractivity contribution in [3.05, 3.63) is 41.4 Å². The van der Waals surface area contributed by atoms with Gasteiger partial charge in [0, 0.05) is 43.8 Å². The molecule has 23 heavy (non-hydrogen) atoms. The van der Waals surface area contributed by atoms with Gasteiger partial charge in [0.05, 0.1) is 5.69 Å². The molecule has 0 radical (unpaired) electrons. The zero-order valence-electron chi connectivity index (χ0n) is 13.4. The van der Waals surface area contributed by atoms with Crippen molar-refractivity contribution < 1.29 is 9.84 Å². The Morgan fingerprint density at radius 3 is 2.61 bits per heavy atom. The van der Waals surface area contributed by atoms with Crippen molar-refractivity contribution in [2.75, 3.05) is 44.2 Å². The van der Waals surface area contributed by atoms with Gasteiger partial charge in [-0.25, -0.2) is 4.98 Å². The number of rotatable bonds is 6. The molecular formula is C17H23N3O2S. The quantitative estimate of drug-likeness (QED) is 0.876. The van der Waals surface area contributed by atoms with Crippen LogP contribution in [-0.2, 0) is 0 Å². The van der Waals surface area contributed by atoms with E-state index in [1.54, 1.807) is 0 Å². The highest BCUT2D eigenvalue weighted by molar-refractivity contribution is 7.11. The Morgan fingerprint density at radius 2 is 1.96 bits per heavy atom. The number of benzene rings is 1. The van der Waals surface area contributed by atoms with Crippen LogP contribution in [0.3, 0.4) is 0 Å². The van der Waals surface area contributed by atoms with Gasteiger partial charge in [-0.05, 0) is 19.1 Å². The molecule has 0 amide bonds. The summed E-state index contributed by atoms with van der Waals surface area (Å²) in [5.74, 6) is 0. The molecule has 1 aromatic heterocycles. The average Bonchev–Trinajstić information content (AvgIpc) is 3.00. The molecule has 3 rings (SSSR count). The number of aromatic nitrogens is 1. The molecule has 1 aliphatic heterocycles. The Morgan fingerprint density at radius 1 is 1.22 bits per heavy atom. The van der Waals surface area contributed by atoms with E-state index >= 15 is 0 Å². The Hall–Kier alpha value is -1.63. The van der Waals surface area contributed by atoms with Crippen LogP contribution in [0.2, 0.25) is 0 Å². The van der Waals surface area contributed by atoms with E-state index in [0.29, 0.717) is 18.3 Å². The summed E-state index contributed by atoms with van der Waals surface area (Å²) in [4.78, 5) is 8.92. The molecule has 1 aromatic carbocycles. The second kappa shape index (κ2) is 7.77. The lowest BCUT2D eigenvalue weighted by Gasteiger charge is -2.36. The predicted octanol–water partition coefficient (Wildman–Crippen LogP) is 2.01. The third-order valence-electron chi connectivity index (χ3n) is 3.96. The number of aryl methyl sites for hydroxylation is 1. The topological polar surface area (TPSA) is 48.8 Å². The number of hydrogen-bond donors (Lipinski definition) is 1. The number of β-amino-alcohol motifs (C(OH)–C–C–N with tert-alkyl or cyclic N) is 1. The second-order valence-electron chi connectivity index (χ2n) is 5.84. The number of para-hydroxylation sites is 1. The zero-order valence-corrected chi connectivity index (χ0v) is 14.2. The first-order valence-corrected chi connectivity index (χ1v) is 8.84. The Labute approximate surface area is 141 Å². The van der Waals surface area contributed by atoms with Crippen LogP contribution in [0.15, 0.2) is 35.7 Å². The summed E-state index contributed by atoms with van der Waals surface area (Å²) in [6, 6.07) is 10.5. The maximum atomic E-state index is 10.1. The summed E-state index contributed by atoms with van der Waals surface area (Å²) in [5, 5.41) is 12.7. The number of aliphatic hydroxyl groups excluding tert-OH is 1. The van der Waals surface area contributed by atoms with Crippen molar-refractivity contribution in [2.24, 2.45) is 0 Å². The molecule has 0 aliphatic carbocycles. The molecule has 1 N–H and O–H groups in total. The molecule has 1 unspecified atom stereocenters.